The summed E-state index contributed by atoms with van der Waals surface area (Å²) in [6.07, 6.45) is 2.90. The predicted octanol–water partition coefficient (Wildman–Crippen LogP) is 3.79. The lowest BCUT2D eigenvalue weighted by Crippen LogP contribution is -2.35. The van der Waals surface area contributed by atoms with Crippen LogP contribution in [0.5, 0.6) is 0 Å². The van der Waals surface area contributed by atoms with E-state index < -0.39 is 0 Å². The van der Waals surface area contributed by atoms with Gasteiger partial charge < -0.3 is 10.6 Å². The average Bonchev–Trinajstić information content (AvgIpc) is 2.87. The van der Waals surface area contributed by atoms with E-state index in [4.69, 9.17) is 5.73 Å². The van der Waals surface area contributed by atoms with Crippen LogP contribution >= 0.6 is 11.3 Å². The number of thiophene rings is 1. The summed E-state index contributed by atoms with van der Waals surface area (Å²) in [6.45, 7) is 4.98. The second-order valence-electron chi connectivity index (χ2n) is 5.48. The number of nitrogens with two attached hydrogens (primary N) is 1. The molecule has 3 rings (SSSR count). The smallest absolute Gasteiger partial charge is 0.268 e. The Bertz CT molecular complexity index is 690. The lowest BCUT2D eigenvalue weighted by Gasteiger charge is -2.30. The van der Waals surface area contributed by atoms with E-state index in [-0.39, 0.29) is 5.91 Å². The zero-order valence-corrected chi connectivity index (χ0v) is 13.3. The third-order valence-electron chi connectivity index (χ3n) is 4.08. The minimum Gasteiger partial charge on any atom is -0.398 e. The molecule has 0 atom stereocenters. The van der Waals surface area contributed by atoms with Crippen molar-refractivity contribution in [2.24, 2.45) is 0 Å². The number of benzene rings is 1. The molecule has 0 fully saturated rings. The first kappa shape index (κ1) is 14.1. The van der Waals surface area contributed by atoms with E-state index in [9.17, 15) is 4.79 Å². The molecule has 1 aliphatic heterocycles. The number of carbonyl (C=O) groups excluding carboxylic acids is 1. The molecule has 0 bridgehead atoms. The highest BCUT2D eigenvalue weighted by molar-refractivity contribution is 7.14. The van der Waals surface area contributed by atoms with E-state index >= 15 is 0 Å². The number of anilines is 2. The quantitative estimate of drug-likeness (QED) is 0.858. The molecule has 110 valence electrons. The Morgan fingerprint density at radius 2 is 2.24 bits per heavy atom. The van der Waals surface area contributed by atoms with Crippen molar-refractivity contribution in [3.8, 4) is 0 Å². The van der Waals surface area contributed by atoms with Gasteiger partial charge in [0.15, 0.2) is 0 Å². The Morgan fingerprint density at radius 3 is 2.95 bits per heavy atom. The number of hydrogen-bond acceptors (Lipinski definition) is 3. The van der Waals surface area contributed by atoms with E-state index in [0.717, 1.165) is 47.6 Å². The Morgan fingerprint density at radius 1 is 1.43 bits per heavy atom. The SMILES string of the molecule is CCc1sc(C(=O)N2CCCc3c(N)cccc32)cc1C. The molecule has 1 aromatic carbocycles. The van der Waals surface area contributed by atoms with Gasteiger partial charge in [-0.05, 0) is 55.5 Å². The first-order valence-electron chi connectivity index (χ1n) is 7.40. The van der Waals surface area contributed by atoms with Gasteiger partial charge in [0.2, 0.25) is 0 Å². The molecule has 0 radical (unpaired) electrons. The monoisotopic (exact) mass is 300 g/mol. The molecular weight excluding hydrogens is 280 g/mol. The molecule has 3 nitrogen and oxygen atoms in total. The van der Waals surface area contributed by atoms with Crippen LogP contribution in [0.3, 0.4) is 0 Å². The highest BCUT2D eigenvalue weighted by Gasteiger charge is 2.26. The summed E-state index contributed by atoms with van der Waals surface area (Å²) < 4.78 is 0. The number of rotatable bonds is 2. The Labute approximate surface area is 129 Å². The summed E-state index contributed by atoms with van der Waals surface area (Å²) in [5.74, 6) is 0.106. The van der Waals surface area contributed by atoms with E-state index in [1.54, 1.807) is 11.3 Å². The summed E-state index contributed by atoms with van der Waals surface area (Å²) in [4.78, 5) is 16.9. The first-order valence-corrected chi connectivity index (χ1v) is 8.22. The van der Waals surface area contributed by atoms with Crippen LogP contribution in [0.15, 0.2) is 24.3 Å². The minimum atomic E-state index is 0.106. The lowest BCUT2D eigenvalue weighted by molar-refractivity contribution is 0.0989. The van der Waals surface area contributed by atoms with Gasteiger partial charge in [-0.3, -0.25) is 4.79 Å². The first-order chi connectivity index (χ1) is 10.1. The van der Waals surface area contributed by atoms with Crippen LogP contribution in [0.25, 0.3) is 0 Å². The van der Waals surface area contributed by atoms with Gasteiger partial charge in [-0.25, -0.2) is 0 Å². The molecule has 1 aromatic heterocycles. The van der Waals surface area contributed by atoms with Gasteiger partial charge in [0.05, 0.1) is 4.88 Å². The molecule has 4 heteroatoms. The lowest BCUT2D eigenvalue weighted by atomic mass is 9.99. The fourth-order valence-electron chi connectivity index (χ4n) is 2.97. The Hall–Kier alpha value is -1.81. The third kappa shape index (κ3) is 2.44. The molecule has 0 unspecified atom stereocenters. The van der Waals surface area contributed by atoms with Crippen molar-refractivity contribution >= 4 is 28.6 Å². The molecule has 0 spiro atoms. The molecule has 2 N–H and O–H groups in total. The molecule has 0 aliphatic carbocycles. The van der Waals surface area contributed by atoms with E-state index in [1.165, 1.54) is 10.4 Å². The molecular formula is C17H20N2OS. The van der Waals surface area contributed by atoms with Gasteiger partial charge in [-0.1, -0.05) is 13.0 Å². The zero-order chi connectivity index (χ0) is 15.0. The summed E-state index contributed by atoms with van der Waals surface area (Å²) >= 11 is 1.62. The van der Waals surface area contributed by atoms with Crippen molar-refractivity contribution < 1.29 is 4.79 Å². The maximum Gasteiger partial charge on any atom is 0.268 e. The third-order valence-corrected chi connectivity index (χ3v) is 5.45. The van der Waals surface area contributed by atoms with Gasteiger partial charge in [0.1, 0.15) is 0 Å². The summed E-state index contributed by atoms with van der Waals surface area (Å²) in [7, 11) is 0. The van der Waals surface area contributed by atoms with Crippen molar-refractivity contribution in [3.05, 3.63) is 45.1 Å². The van der Waals surface area contributed by atoms with Crippen molar-refractivity contribution in [2.45, 2.75) is 33.1 Å². The molecule has 1 aliphatic rings. The standard InChI is InChI=1S/C17H20N2OS/c1-3-15-11(2)10-16(21-15)17(20)19-9-5-6-12-13(18)7-4-8-14(12)19/h4,7-8,10H,3,5-6,9,18H2,1-2H3. The van der Waals surface area contributed by atoms with Crippen molar-refractivity contribution in [1.82, 2.24) is 0 Å². The molecule has 2 heterocycles. The van der Waals surface area contributed by atoms with Crippen molar-refractivity contribution in [3.63, 3.8) is 0 Å². The molecule has 0 saturated carbocycles. The van der Waals surface area contributed by atoms with Crippen LogP contribution < -0.4 is 10.6 Å². The molecule has 2 aromatic rings. The molecule has 1 amide bonds. The predicted molar refractivity (Wildman–Crippen MR) is 89.3 cm³/mol. The fraction of sp³-hybridized carbons (Fsp3) is 0.353. The van der Waals surface area contributed by atoms with Gasteiger partial charge in [-0.15, -0.1) is 11.3 Å². The average molecular weight is 300 g/mol. The molecule has 0 saturated heterocycles. The summed E-state index contributed by atoms with van der Waals surface area (Å²) in [6, 6.07) is 7.87. The number of nitrogens with zero attached hydrogens (tertiary/aromatic N) is 1. The number of fused-ring (bicyclic) bond motifs is 1. The fourth-order valence-corrected chi connectivity index (χ4v) is 4.03. The van der Waals surface area contributed by atoms with Crippen LogP contribution in [-0.2, 0) is 12.8 Å². The van der Waals surface area contributed by atoms with Crippen molar-refractivity contribution in [2.75, 3.05) is 17.2 Å². The van der Waals surface area contributed by atoms with Gasteiger partial charge in [-0.2, -0.15) is 0 Å². The van der Waals surface area contributed by atoms with Crippen LogP contribution in [-0.4, -0.2) is 12.5 Å². The Balaban J connectivity index is 1.98. The largest absolute Gasteiger partial charge is 0.398 e. The minimum absolute atomic E-state index is 0.106. The van der Waals surface area contributed by atoms with Crippen LogP contribution in [0, 0.1) is 6.92 Å². The second-order valence-corrected chi connectivity index (χ2v) is 6.61. The van der Waals surface area contributed by atoms with E-state index in [1.807, 2.05) is 29.2 Å². The highest BCUT2D eigenvalue weighted by Crippen LogP contribution is 2.33. The van der Waals surface area contributed by atoms with E-state index in [0.29, 0.717) is 0 Å². The Kier molecular flexibility index (Phi) is 3.72. The van der Waals surface area contributed by atoms with Crippen molar-refractivity contribution in [1.29, 1.82) is 0 Å². The number of amides is 1. The summed E-state index contributed by atoms with van der Waals surface area (Å²) in [5, 5.41) is 0. The maximum atomic E-state index is 12.9. The summed E-state index contributed by atoms with van der Waals surface area (Å²) in [5.41, 5.74) is 10.2. The topological polar surface area (TPSA) is 46.3 Å². The highest BCUT2D eigenvalue weighted by atomic mass is 32.1. The van der Waals surface area contributed by atoms with E-state index in [2.05, 4.69) is 13.8 Å². The number of hydrogen-bond donors (Lipinski definition) is 1. The second kappa shape index (κ2) is 5.53. The zero-order valence-electron chi connectivity index (χ0n) is 12.5. The van der Waals surface area contributed by atoms with Crippen LogP contribution in [0.1, 0.15) is 39.0 Å². The van der Waals surface area contributed by atoms with Crippen LogP contribution in [0.4, 0.5) is 11.4 Å². The van der Waals surface area contributed by atoms with Gasteiger partial charge in [0, 0.05) is 22.8 Å². The normalized spacial score (nSPS) is 14.1. The van der Waals surface area contributed by atoms with Gasteiger partial charge in [0.25, 0.3) is 5.91 Å². The maximum absolute atomic E-state index is 12.9. The number of nitrogen functional groups attached to an aromatic ring is 1. The van der Waals surface area contributed by atoms with Crippen LogP contribution in [0.2, 0.25) is 0 Å². The van der Waals surface area contributed by atoms with Gasteiger partial charge >= 0.3 is 0 Å². The number of aryl methyl sites for hydroxylation is 2. The number of carbonyl (C=O) groups is 1. The molecule has 21 heavy (non-hydrogen) atoms.